The molecule has 27 heavy (non-hydrogen) atoms. The van der Waals surface area contributed by atoms with E-state index in [2.05, 4.69) is 25.9 Å². The molecule has 4 aromatic rings. The Balaban J connectivity index is 1.53. The van der Waals surface area contributed by atoms with Gasteiger partial charge in [-0.2, -0.15) is 0 Å². The number of halogens is 1. The Bertz CT molecular complexity index is 1130. The quantitative estimate of drug-likeness (QED) is 0.391. The lowest BCUT2D eigenvalue weighted by molar-refractivity contribution is 0.474. The number of para-hydroxylation sites is 2. The Morgan fingerprint density at radius 3 is 2.70 bits per heavy atom. The van der Waals surface area contributed by atoms with Crippen molar-refractivity contribution in [2.45, 2.75) is 0 Å². The maximum Gasteiger partial charge on any atom is 0.231 e. The van der Waals surface area contributed by atoms with Gasteiger partial charge in [0.05, 0.1) is 11.3 Å². The van der Waals surface area contributed by atoms with E-state index in [1.54, 1.807) is 18.3 Å². The van der Waals surface area contributed by atoms with E-state index in [1.807, 2.05) is 66.7 Å². The number of nitrogens with zero attached hydrogens (tertiary/aromatic N) is 2. The van der Waals surface area contributed by atoms with E-state index in [-0.39, 0.29) is 5.75 Å². The molecule has 5 heteroatoms. The molecule has 1 aromatic heterocycles. The molecule has 1 N–H and O–H groups in total. The maximum absolute atomic E-state index is 10.3. The molecule has 0 aliphatic carbocycles. The van der Waals surface area contributed by atoms with Gasteiger partial charge in [-0.3, -0.25) is 4.99 Å². The Kier molecular flexibility index (Phi) is 4.85. The molecule has 0 atom stereocenters. The molecule has 0 amide bonds. The van der Waals surface area contributed by atoms with Gasteiger partial charge in [-0.1, -0.05) is 46.3 Å². The van der Waals surface area contributed by atoms with Crippen LogP contribution >= 0.6 is 15.9 Å². The Morgan fingerprint density at radius 1 is 1.00 bits per heavy atom. The molecule has 0 bridgehead atoms. The number of aromatic nitrogens is 1. The van der Waals surface area contributed by atoms with Gasteiger partial charge < -0.3 is 9.52 Å². The highest BCUT2D eigenvalue weighted by Crippen LogP contribution is 2.33. The molecule has 0 unspecified atom stereocenters. The van der Waals surface area contributed by atoms with Crippen molar-refractivity contribution in [3.05, 3.63) is 82.8 Å². The van der Waals surface area contributed by atoms with Gasteiger partial charge in [0.15, 0.2) is 5.58 Å². The largest absolute Gasteiger partial charge is 0.507 e. The second-order valence-electron chi connectivity index (χ2n) is 5.88. The first kappa shape index (κ1) is 17.2. The zero-order valence-corrected chi connectivity index (χ0v) is 15.8. The summed E-state index contributed by atoms with van der Waals surface area (Å²) in [5, 5.41) is 10.3. The van der Waals surface area contributed by atoms with E-state index < -0.39 is 0 Å². The van der Waals surface area contributed by atoms with E-state index in [9.17, 15) is 5.11 Å². The fraction of sp³-hybridized carbons (Fsp3) is 0. The highest BCUT2D eigenvalue weighted by atomic mass is 79.9. The molecule has 4 nitrogen and oxygen atoms in total. The van der Waals surface area contributed by atoms with Gasteiger partial charge in [-0.05, 0) is 48.0 Å². The van der Waals surface area contributed by atoms with Crippen LogP contribution in [0, 0.1) is 0 Å². The Morgan fingerprint density at radius 2 is 1.89 bits per heavy atom. The number of phenolic OH excluding ortho intramolecular Hbond substituents is 1. The van der Waals surface area contributed by atoms with Crippen molar-refractivity contribution in [1.82, 2.24) is 4.98 Å². The van der Waals surface area contributed by atoms with Crippen LogP contribution in [-0.2, 0) is 0 Å². The first-order valence-electron chi connectivity index (χ1n) is 8.34. The number of aliphatic imine (C=N–C) groups is 1. The summed E-state index contributed by atoms with van der Waals surface area (Å²) in [7, 11) is 0. The lowest BCUT2D eigenvalue weighted by atomic mass is 10.2. The number of phenols is 1. The number of hydrogen-bond acceptors (Lipinski definition) is 4. The number of fused-ring (bicyclic) bond motifs is 1. The van der Waals surface area contributed by atoms with Crippen LogP contribution in [0.4, 0.5) is 5.69 Å². The molecule has 0 saturated carbocycles. The summed E-state index contributed by atoms with van der Waals surface area (Å²) in [5.74, 6) is 0.464. The van der Waals surface area contributed by atoms with Crippen LogP contribution in [0.2, 0.25) is 0 Å². The zero-order valence-electron chi connectivity index (χ0n) is 14.2. The molecule has 0 aliphatic rings. The number of benzene rings is 3. The summed E-state index contributed by atoms with van der Waals surface area (Å²) in [6.07, 6.45) is 5.50. The van der Waals surface area contributed by atoms with Crippen molar-refractivity contribution in [3.63, 3.8) is 0 Å². The van der Waals surface area contributed by atoms with Gasteiger partial charge in [0.2, 0.25) is 5.89 Å². The zero-order chi connectivity index (χ0) is 18.6. The van der Waals surface area contributed by atoms with Crippen LogP contribution in [-0.4, -0.2) is 16.3 Å². The summed E-state index contributed by atoms with van der Waals surface area (Å²) < 4.78 is 6.74. The Hall–Kier alpha value is -3.18. The van der Waals surface area contributed by atoms with Gasteiger partial charge in [-0.15, -0.1) is 0 Å². The van der Waals surface area contributed by atoms with Crippen LogP contribution in [0.3, 0.4) is 0 Å². The molecule has 0 fully saturated rings. The molecule has 0 radical (unpaired) electrons. The van der Waals surface area contributed by atoms with Gasteiger partial charge >= 0.3 is 0 Å². The number of rotatable bonds is 4. The van der Waals surface area contributed by atoms with E-state index >= 15 is 0 Å². The monoisotopic (exact) mass is 418 g/mol. The second kappa shape index (κ2) is 7.60. The second-order valence-corrected chi connectivity index (χ2v) is 6.80. The molecule has 132 valence electrons. The van der Waals surface area contributed by atoms with E-state index in [1.165, 1.54) is 0 Å². The minimum atomic E-state index is 0.0761. The molecule has 0 aliphatic heterocycles. The lowest BCUT2D eigenvalue weighted by Crippen LogP contribution is -1.79. The number of allylic oxidation sites excluding steroid dienone is 1. The third-order valence-corrected chi connectivity index (χ3v) is 4.45. The first-order valence-corrected chi connectivity index (χ1v) is 9.13. The van der Waals surface area contributed by atoms with Crippen LogP contribution in [0.5, 0.6) is 5.75 Å². The smallest absolute Gasteiger partial charge is 0.231 e. The van der Waals surface area contributed by atoms with Crippen LogP contribution in [0.1, 0.15) is 5.56 Å². The minimum Gasteiger partial charge on any atom is -0.507 e. The van der Waals surface area contributed by atoms with Crippen molar-refractivity contribution < 1.29 is 9.52 Å². The molecular weight excluding hydrogens is 404 g/mol. The third-order valence-electron chi connectivity index (χ3n) is 3.95. The number of aromatic hydroxyl groups is 1. The van der Waals surface area contributed by atoms with Crippen molar-refractivity contribution in [2.24, 2.45) is 4.99 Å². The average Bonchev–Trinajstić information content (AvgIpc) is 3.09. The molecule has 0 spiro atoms. The van der Waals surface area contributed by atoms with Crippen molar-refractivity contribution in [3.8, 4) is 17.2 Å². The molecule has 0 saturated heterocycles. The number of hydrogen-bond donors (Lipinski definition) is 1. The SMILES string of the molecule is Oc1cc(N=CC=Cc2cccc(Br)c2)ccc1-c1nc2ccccc2o1. The van der Waals surface area contributed by atoms with Crippen LogP contribution in [0.15, 0.2) is 86.7 Å². The van der Waals surface area contributed by atoms with Crippen LogP contribution < -0.4 is 0 Å². The van der Waals surface area contributed by atoms with E-state index in [4.69, 9.17) is 4.42 Å². The molecule has 4 rings (SSSR count). The van der Waals surface area contributed by atoms with Gasteiger partial charge in [0.1, 0.15) is 11.3 Å². The predicted octanol–water partition coefficient (Wildman–Crippen LogP) is 6.38. The summed E-state index contributed by atoms with van der Waals surface area (Å²) in [6, 6.07) is 20.6. The van der Waals surface area contributed by atoms with E-state index in [0.717, 1.165) is 15.6 Å². The Labute approximate surface area is 164 Å². The molecule has 3 aromatic carbocycles. The summed E-state index contributed by atoms with van der Waals surface area (Å²) in [6.45, 7) is 0. The highest BCUT2D eigenvalue weighted by molar-refractivity contribution is 9.10. The standard InChI is InChI=1S/C22H15BrN2O2/c23-16-7-3-5-15(13-16)6-4-12-24-17-10-11-18(20(26)14-17)22-25-19-8-1-2-9-21(19)27-22/h1-14,26H. The van der Waals surface area contributed by atoms with Crippen molar-refractivity contribution in [2.75, 3.05) is 0 Å². The average molecular weight is 419 g/mol. The minimum absolute atomic E-state index is 0.0761. The summed E-state index contributed by atoms with van der Waals surface area (Å²) >= 11 is 3.44. The topological polar surface area (TPSA) is 58.6 Å². The van der Waals surface area contributed by atoms with E-state index in [0.29, 0.717) is 22.7 Å². The van der Waals surface area contributed by atoms with Crippen LogP contribution in [0.25, 0.3) is 28.6 Å². The molecule has 1 heterocycles. The first-order chi connectivity index (χ1) is 13.2. The summed E-state index contributed by atoms with van der Waals surface area (Å²) in [4.78, 5) is 8.76. The van der Waals surface area contributed by atoms with Crippen molar-refractivity contribution in [1.29, 1.82) is 0 Å². The normalized spacial score (nSPS) is 11.7. The lowest BCUT2D eigenvalue weighted by Gasteiger charge is -2.01. The van der Waals surface area contributed by atoms with Gasteiger partial charge in [0.25, 0.3) is 0 Å². The predicted molar refractivity (Wildman–Crippen MR) is 112 cm³/mol. The summed E-state index contributed by atoms with van der Waals surface area (Å²) in [5.41, 5.74) is 3.70. The van der Waals surface area contributed by atoms with Gasteiger partial charge in [0, 0.05) is 16.8 Å². The maximum atomic E-state index is 10.3. The highest BCUT2D eigenvalue weighted by Gasteiger charge is 2.12. The third kappa shape index (κ3) is 3.99. The fourth-order valence-corrected chi connectivity index (χ4v) is 3.08. The molecular formula is C22H15BrN2O2. The number of oxazole rings is 1. The van der Waals surface area contributed by atoms with Gasteiger partial charge in [-0.25, -0.2) is 4.98 Å². The fourth-order valence-electron chi connectivity index (χ4n) is 2.66. The van der Waals surface area contributed by atoms with Crippen molar-refractivity contribution >= 4 is 45.0 Å².